The molecule has 1 fully saturated rings. The Morgan fingerprint density at radius 1 is 1.53 bits per heavy atom. The maximum atomic E-state index is 11.1. The quantitative estimate of drug-likeness (QED) is 0.884. The molecule has 2 atom stereocenters. The van der Waals surface area contributed by atoms with Crippen molar-refractivity contribution >= 4 is 11.7 Å². The number of anilines is 1. The van der Waals surface area contributed by atoms with E-state index in [2.05, 4.69) is 11.0 Å². The van der Waals surface area contributed by atoms with Gasteiger partial charge in [0.05, 0.1) is 17.2 Å². The molecule has 1 aliphatic rings. The van der Waals surface area contributed by atoms with E-state index in [0.29, 0.717) is 25.1 Å². The van der Waals surface area contributed by atoms with Crippen LogP contribution in [0.2, 0.25) is 0 Å². The summed E-state index contributed by atoms with van der Waals surface area (Å²) < 4.78 is 0. The Bertz CT molecular complexity index is 533. The average Bonchev–Trinajstić information content (AvgIpc) is 2.38. The first-order valence-electron chi connectivity index (χ1n) is 6.51. The number of piperidine rings is 1. The molecule has 1 aliphatic heterocycles. The van der Waals surface area contributed by atoms with Crippen LogP contribution in [-0.4, -0.2) is 24.2 Å². The summed E-state index contributed by atoms with van der Waals surface area (Å²) in [6, 6.07) is 7.98. The Morgan fingerprint density at radius 2 is 2.26 bits per heavy atom. The molecule has 2 rings (SSSR count). The summed E-state index contributed by atoms with van der Waals surface area (Å²) in [5.74, 6) is -0.887. The summed E-state index contributed by atoms with van der Waals surface area (Å²) in [4.78, 5) is 13.2. The van der Waals surface area contributed by atoms with Crippen molar-refractivity contribution in [3.05, 3.63) is 29.3 Å². The van der Waals surface area contributed by atoms with E-state index in [1.54, 1.807) is 0 Å². The highest BCUT2D eigenvalue weighted by Crippen LogP contribution is 2.30. The Kier molecular flexibility index (Phi) is 3.75. The second kappa shape index (κ2) is 5.31. The lowest BCUT2D eigenvalue weighted by molar-refractivity contribution is -0.144. The number of rotatable bonds is 2. The van der Waals surface area contributed by atoms with Crippen molar-refractivity contribution in [2.75, 3.05) is 18.0 Å². The second-order valence-corrected chi connectivity index (χ2v) is 5.29. The van der Waals surface area contributed by atoms with Gasteiger partial charge in [0.25, 0.3) is 0 Å². The van der Waals surface area contributed by atoms with Gasteiger partial charge in [-0.2, -0.15) is 5.26 Å². The normalized spacial score (nSPS) is 22.9. The van der Waals surface area contributed by atoms with Gasteiger partial charge in [-0.15, -0.1) is 0 Å². The molecule has 1 aromatic carbocycles. The standard InChI is InChI=1S/C15H18N2O2/c1-10-3-4-12(8-16)14(7-10)17-6-5-13(15(18)19)11(2)9-17/h3-4,7,11,13H,5-6,9H2,1-2H3,(H,18,19). The van der Waals surface area contributed by atoms with Crippen LogP contribution in [0.1, 0.15) is 24.5 Å². The monoisotopic (exact) mass is 258 g/mol. The van der Waals surface area contributed by atoms with E-state index >= 15 is 0 Å². The largest absolute Gasteiger partial charge is 0.481 e. The third-order valence-corrected chi connectivity index (χ3v) is 3.84. The summed E-state index contributed by atoms with van der Waals surface area (Å²) in [5.41, 5.74) is 2.70. The molecule has 1 heterocycles. The van der Waals surface area contributed by atoms with E-state index < -0.39 is 5.97 Å². The third-order valence-electron chi connectivity index (χ3n) is 3.84. The number of hydrogen-bond acceptors (Lipinski definition) is 3. The fourth-order valence-electron chi connectivity index (χ4n) is 2.73. The summed E-state index contributed by atoms with van der Waals surface area (Å²) in [6.45, 7) is 5.35. The summed E-state index contributed by atoms with van der Waals surface area (Å²) in [5, 5.41) is 18.3. The summed E-state index contributed by atoms with van der Waals surface area (Å²) in [6.07, 6.45) is 0.634. The zero-order chi connectivity index (χ0) is 14.0. The van der Waals surface area contributed by atoms with Crippen LogP contribution in [0.5, 0.6) is 0 Å². The van der Waals surface area contributed by atoms with Gasteiger partial charge in [0.2, 0.25) is 0 Å². The highest BCUT2D eigenvalue weighted by molar-refractivity contribution is 5.71. The van der Waals surface area contributed by atoms with Gasteiger partial charge in [0.1, 0.15) is 6.07 Å². The molecule has 0 spiro atoms. The van der Waals surface area contributed by atoms with Crippen LogP contribution < -0.4 is 4.90 Å². The fraction of sp³-hybridized carbons (Fsp3) is 0.467. The topological polar surface area (TPSA) is 64.3 Å². The van der Waals surface area contributed by atoms with Crippen LogP contribution in [0.4, 0.5) is 5.69 Å². The molecular formula is C15H18N2O2. The van der Waals surface area contributed by atoms with E-state index in [9.17, 15) is 10.1 Å². The highest BCUT2D eigenvalue weighted by Gasteiger charge is 2.31. The number of carboxylic acid groups (broad SMARTS) is 1. The van der Waals surface area contributed by atoms with E-state index in [0.717, 1.165) is 11.3 Å². The first-order valence-corrected chi connectivity index (χ1v) is 6.51. The van der Waals surface area contributed by atoms with Crippen LogP contribution in [0.3, 0.4) is 0 Å². The number of benzene rings is 1. The van der Waals surface area contributed by atoms with Crippen molar-refractivity contribution in [2.24, 2.45) is 11.8 Å². The Labute approximate surface area is 113 Å². The van der Waals surface area contributed by atoms with Crippen LogP contribution in [0, 0.1) is 30.1 Å². The van der Waals surface area contributed by atoms with E-state index in [-0.39, 0.29) is 11.8 Å². The molecule has 0 radical (unpaired) electrons. The molecule has 0 aromatic heterocycles. The van der Waals surface area contributed by atoms with Crippen molar-refractivity contribution < 1.29 is 9.90 Å². The van der Waals surface area contributed by atoms with Gasteiger partial charge < -0.3 is 10.0 Å². The molecule has 1 aromatic rings. The minimum Gasteiger partial charge on any atom is -0.481 e. The Balaban J connectivity index is 2.23. The van der Waals surface area contributed by atoms with Gasteiger partial charge in [0.15, 0.2) is 0 Å². The van der Waals surface area contributed by atoms with E-state index in [1.807, 2.05) is 32.0 Å². The third kappa shape index (κ3) is 2.70. The lowest BCUT2D eigenvalue weighted by Gasteiger charge is -2.37. The van der Waals surface area contributed by atoms with Crippen molar-refractivity contribution in [3.8, 4) is 6.07 Å². The molecule has 4 nitrogen and oxygen atoms in total. The molecular weight excluding hydrogens is 240 g/mol. The summed E-state index contributed by atoms with van der Waals surface area (Å²) in [7, 11) is 0. The molecule has 0 saturated carbocycles. The van der Waals surface area contributed by atoms with Crippen LogP contribution in [-0.2, 0) is 4.79 Å². The van der Waals surface area contributed by atoms with Crippen LogP contribution >= 0.6 is 0 Å². The smallest absolute Gasteiger partial charge is 0.306 e. The number of nitriles is 1. The number of carboxylic acids is 1. The van der Waals surface area contributed by atoms with Crippen molar-refractivity contribution in [1.82, 2.24) is 0 Å². The minimum absolute atomic E-state index is 0.0957. The minimum atomic E-state index is -0.711. The lowest BCUT2D eigenvalue weighted by atomic mass is 9.86. The molecule has 1 saturated heterocycles. The number of carbonyl (C=O) groups is 1. The summed E-state index contributed by atoms with van der Waals surface area (Å²) >= 11 is 0. The number of aliphatic carboxylic acids is 1. The Morgan fingerprint density at radius 3 is 2.84 bits per heavy atom. The second-order valence-electron chi connectivity index (χ2n) is 5.29. The van der Waals surface area contributed by atoms with E-state index in [1.165, 1.54) is 0 Å². The average molecular weight is 258 g/mol. The molecule has 1 N–H and O–H groups in total. The molecule has 100 valence electrons. The molecule has 4 heteroatoms. The van der Waals surface area contributed by atoms with Gasteiger partial charge in [-0.1, -0.05) is 13.0 Å². The first kappa shape index (κ1) is 13.4. The Hall–Kier alpha value is -2.02. The zero-order valence-electron chi connectivity index (χ0n) is 11.3. The predicted molar refractivity (Wildman–Crippen MR) is 73.0 cm³/mol. The molecule has 0 bridgehead atoms. The van der Waals surface area contributed by atoms with Crippen LogP contribution in [0.25, 0.3) is 0 Å². The number of hydrogen-bond donors (Lipinski definition) is 1. The first-order chi connectivity index (χ1) is 9.02. The maximum Gasteiger partial charge on any atom is 0.306 e. The van der Waals surface area contributed by atoms with Crippen molar-refractivity contribution in [2.45, 2.75) is 20.3 Å². The lowest BCUT2D eigenvalue weighted by Crippen LogP contribution is -2.42. The number of aryl methyl sites for hydroxylation is 1. The van der Waals surface area contributed by atoms with E-state index in [4.69, 9.17) is 5.11 Å². The highest BCUT2D eigenvalue weighted by atomic mass is 16.4. The van der Waals surface area contributed by atoms with Gasteiger partial charge in [-0.25, -0.2) is 0 Å². The maximum absolute atomic E-state index is 11.1. The zero-order valence-corrected chi connectivity index (χ0v) is 11.3. The van der Waals surface area contributed by atoms with Crippen molar-refractivity contribution in [1.29, 1.82) is 5.26 Å². The molecule has 0 amide bonds. The fourth-order valence-corrected chi connectivity index (χ4v) is 2.73. The SMILES string of the molecule is Cc1ccc(C#N)c(N2CCC(C(=O)O)C(C)C2)c1. The predicted octanol–water partition coefficient (Wildman–Crippen LogP) is 2.41. The molecule has 0 aliphatic carbocycles. The number of nitrogens with zero attached hydrogens (tertiary/aromatic N) is 2. The van der Waals surface area contributed by atoms with Gasteiger partial charge in [0, 0.05) is 13.1 Å². The van der Waals surface area contributed by atoms with Gasteiger partial charge >= 0.3 is 5.97 Å². The van der Waals surface area contributed by atoms with Gasteiger partial charge in [-0.3, -0.25) is 4.79 Å². The molecule has 2 unspecified atom stereocenters. The molecule has 19 heavy (non-hydrogen) atoms. The van der Waals surface area contributed by atoms with Crippen molar-refractivity contribution in [3.63, 3.8) is 0 Å². The van der Waals surface area contributed by atoms with Crippen LogP contribution in [0.15, 0.2) is 18.2 Å². The van der Waals surface area contributed by atoms with Gasteiger partial charge in [-0.05, 0) is 37.0 Å².